The summed E-state index contributed by atoms with van der Waals surface area (Å²) in [5, 5.41) is 4.83. The van der Waals surface area contributed by atoms with Crippen LogP contribution >= 0.6 is 27.3 Å². The second-order valence-electron chi connectivity index (χ2n) is 3.50. The van der Waals surface area contributed by atoms with Crippen LogP contribution in [0.15, 0.2) is 40.2 Å². The minimum atomic E-state index is -0.113. The molecule has 0 saturated heterocycles. The summed E-state index contributed by atoms with van der Waals surface area (Å²) in [7, 11) is 0. The highest BCUT2D eigenvalue weighted by Crippen LogP contribution is 2.22. The number of amides is 1. The van der Waals surface area contributed by atoms with Gasteiger partial charge in [-0.05, 0) is 45.6 Å². The molecule has 0 unspecified atom stereocenters. The van der Waals surface area contributed by atoms with Crippen molar-refractivity contribution < 1.29 is 4.79 Å². The van der Waals surface area contributed by atoms with Crippen LogP contribution in [0.4, 0.5) is 5.69 Å². The Hall–Kier alpha value is -1.33. The quantitative estimate of drug-likeness (QED) is 0.856. The number of hydrogen-bond donors (Lipinski definition) is 2. The Morgan fingerprint density at radius 3 is 2.88 bits per heavy atom. The fourth-order valence-electron chi connectivity index (χ4n) is 1.39. The second kappa shape index (κ2) is 5.33. The summed E-state index contributed by atoms with van der Waals surface area (Å²) in [6.45, 7) is 0.520. The van der Waals surface area contributed by atoms with E-state index in [2.05, 4.69) is 21.2 Å². The van der Waals surface area contributed by atoms with E-state index in [9.17, 15) is 4.79 Å². The van der Waals surface area contributed by atoms with Gasteiger partial charge in [0.05, 0.1) is 6.54 Å². The van der Waals surface area contributed by atoms with Crippen molar-refractivity contribution in [2.75, 3.05) is 5.73 Å². The Bertz CT molecular complexity index is 539. The van der Waals surface area contributed by atoms with E-state index >= 15 is 0 Å². The zero-order valence-corrected chi connectivity index (χ0v) is 11.3. The van der Waals surface area contributed by atoms with Crippen molar-refractivity contribution in [3.63, 3.8) is 0 Å². The molecule has 5 heteroatoms. The standard InChI is InChI=1S/C12H11BrN2OS/c13-10-4-5-17-11(10)7-15-12(16)8-2-1-3-9(14)6-8/h1-6H,7,14H2,(H,15,16). The van der Waals surface area contributed by atoms with Gasteiger partial charge in [-0.15, -0.1) is 11.3 Å². The predicted molar refractivity (Wildman–Crippen MR) is 74.0 cm³/mol. The Morgan fingerprint density at radius 1 is 1.41 bits per heavy atom. The third-order valence-electron chi connectivity index (χ3n) is 2.25. The van der Waals surface area contributed by atoms with Crippen LogP contribution in [-0.2, 0) is 6.54 Å². The number of rotatable bonds is 3. The zero-order chi connectivity index (χ0) is 12.3. The SMILES string of the molecule is Nc1cccc(C(=O)NCc2sccc2Br)c1. The van der Waals surface area contributed by atoms with Crippen LogP contribution in [-0.4, -0.2) is 5.91 Å². The number of benzene rings is 1. The van der Waals surface area contributed by atoms with Gasteiger partial charge in [0, 0.05) is 20.6 Å². The Balaban J connectivity index is 2.01. The highest BCUT2D eigenvalue weighted by Gasteiger charge is 2.07. The van der Waals surface area contributed by atoms with Gasteiger partial charge in [-0.1, -0.05) is 6.07 Å². The van der Waals surface area contributed by atoms with Gasteiger partial charge in [-0.2, -0.15) is 0 Å². The Labute approximate surface area is 112 Å². The Kier molecular flexibility index (Phi) is 3.81. The molecule has 1 heterocycles. The first-order valence-electron chi connectivity index (χ1n) is 5.02. The molecule has 17 heavy (non-hydrogen) atoms. The number of carbonyl (C=O) groups is 1. The molecule has 1 amide bonds. The third-order valence-corrected chi connectivity index (χ3v) is 4.18. The molecule has 0 atom stereocenters. The number of anilines is 1. The summed E-state index contributed by atoms with van der Waals surface area (Å²) in [6, 6.07) is 8.90. The molecule has 0 fully saturated rings. The molecule has 88 valence electrons. The molecule has 0 radical (unpaired) electrons. The molecule has 3 N–H and O–H groups in total. The number of halogens is 1. The van der Waals surface area contributed by atoms with E-state index in [0.29, 0.717) is 17.8 Å². The van der Waals surface area contributed by atoms with Crippen molar-refractivity contribution in [1.29, 1.82) is 0 Å². The zero-order valence-electron chi connectivity index (χ0n) is 8.94. The molecule has 1 aromatic heterocycles. The van der Waals surface area contributed by atoms with Crippen LogP contribution in [0.25, 0.3) is 0 Å². The van der Waals surface area contributed by atoms with E-state index < -0.39 is 0 Å². The van der Waals surface area contributed by atoms with Gasteiger partial charge in [-0.3, -0.25) is 4.79 Å². The molecule has 3 nitrogen and oxygen atoms in total. The number of nitrogen functional groups attached to an aromatic ring is 1. The van der Waals surface area contributed by atoms with Gasteiger partial charge in [0.2, 0.25) is 0 Å². The predicted octanol–water partition coefficient (Wildman–Crippen LogP) is 3.02. The monoisotopic (exact) mass is 310 g/mol. The normalized spacial score (nSPS) is 10.2. The molecular weight excluding hydrogens is 300 g/mol. The number of thiophene rings is 1. The number of carbonyl (C=O) groups excluding carboxylic acids is 1. The summed E-state index contributed by atoms with van der Waals surface area (Å²) in [4.78, 5) is 12.9. The lowest BCUT2D eigenvalue weighted by Crippen LogP contribution is -2.22. The molecule has 0 aliphatic heterocycles. The summed E-state index contributed by atoms with van der Waals surface area (Å²) in [5.41, 5.74) is 6.80. The van der Waals surface area contributed by atoms with E-state index in [4.69, 9.17) is 5.73 Å². The topological polar surface area (TPSA) is 55.1 Å². The van der Waals surface area contributed by atoms with Gasteiger partial charge in [0.15, 0.2) is 0 Å². The van der Waals surface area contributed by atoms with E-state index in [-0.39, 0.29) is 5.91 Å². The molecule has 2 rings (SSSR count). The maximum Gasteiger partial charge on any atom is 0.251 e. The fourth-order valence-corrected chi connectivity index (χ4v) is 2.83. The Morgan fingerprint density at radius 2 is 2.24 bits per heavy atom. The minimum Gasteiger partial charge on any atom is -0.399 e. The maximum atomic E-state index is 11.8. The molecular formula is C12H11BrN2OS. The lowest BCUT2D eigenvalue weighted by atomic mass is 10.2. The van der Waals surface area contributed by atoms with Gasteiger partial charge in [0.1, 0.15) is 0 Å². The van der Waals surface area contributed by atoms with Crippen molar-refractivity contribution >= 4 is 38.9 Å². The minimum absolute atomic E-state index is 0.113. The van der Waals surface area contributed by atoms with Crippen LogP contribution in [0, 0.1) is 0 Å². The van der Waals surface area contributed by atoms with Gasteiger partial charge >= 0.3 is 0 Å². The molecule has 2 aromatic rings. The van der Waals surface area contributed by atoms with Gasteiger partial charge < -0.3 is 11.1 Å². The number of nitrogens with two attached hydrogens (primary N) is 1. The summed E-state index contributed by atoms with van der Waals surface area (Å²) >= 11 is 5.03. The van der Waals surface area contributed by atoms with E-state index in [1.165, 1.54) is 0 Å². The van der Waals surface area contributed by atoms with Gasteiger partial charge in [0.25, 0.3) is 5.91 Å². The molecule has 0 aliphatic carbocycles. The van der Waals surface area contributed by atoms with Crippen LogP contribution in [0.5, 0.6) is 0 Å². The first-order chi connectivity index (χ1) is 8.16. The van der Waals surface area contributed by atoms with Crippen LogP contribution < -0.4 is 11.1 Å². The smallest absolute Gasteiger partial charge is 0.251 e. The van der Waals surface area contributed by atoms with Crippen molar-refractivity contribution in [3.8, 4) is 0 Å². The van der Waals surface area contributed by atoms with Crippen molar-refractivity contribution in [2.24, 2.45) is 0 Å². The average molecular weight is 311 g/mol. The fraction of sp³-hybridized carbons (Fsp3) is 0.0833. The van der Waals surface area contributed by atoms with Crippen LogP contribution in [0.2, 0.25) is 0 Å². The highest BCUT2D eigenvalue weighted by atomic mass is 79.9. The first kappa shape index (κ1) is 12.1. The summed E-state index contributed by atoms with van der Waals surface area (Å²) in [5.74, 6) is -0.113. The summed E-state index contributed by atoms with van der Waals surface area (Å²) < 4.78 is 1.02. The molecule has 0 saturated carbocycles. The molecule has 0 spiro atoms. The first-order valence-corrected chi connectivity index (χ1v) is 6.69. The highest BCUT2D eigenvalue weighted by molar-refractivity contribution is 9.10. The van der Waals surface area contributed by atoms with Crippen molar-refractivity contribution in [3.05, 3.63) is 50.6 Å². The number of hydrogen-bond acceptors (Lipinski definition) is 3. The summed E-state index contributed by atoms with van der Waals surface area (Å²) in [6.07, 6.45) is 0. The van der Waals surface area contributed by atoms with Crippen molar-refractivity contribution in [1.82, 2.24) is 5.32 Å². The molecule has 0 aliphatic rings. The van der Waals surface area contributed by atoms with Gasteiger partial charge in [-0.25, -0.2) is 0 Å². The second-order valence-corrected chi connectivity index (χ2v) is 5.35. The van der Waals surface area contributed by atoms with Crippen LogP contribution in [0.1, 0.15) is 15.2 Å². The lowest BCUT2D eigenvalue weighted by molar-refractivity contribution is 0.0951. The maximum absolute atomic E-state index is 11.8. The van der Waals surface area contributed by atoms with E-state index in [1.807, 2.05) is 11.4 Å². The molecule has 1 aromatic carbocycles. The number of nitrogens with one attached hydrogen (secondary N) is 1. The largest absolute Gasteiger partial charge is 0.399 e. The molecule has 0 bridgehead atoms. The van der Waals surface area contributed by atoms with E-state index in [0.717, 1.165) is 9.35 Å². The average Bonchev–Trinajstić information content (AvgIpc) is 2.72. The van der Waals surface area contributed by atoms with Crippen LogP contribution in [0.3, 0.4) is 0 Å². The third kappa shape index (κ3) is 3.08. The van der Waals surface area contributed by atoms with E-state index in [1.54, 1.807) is 35.6 Å². The van der Waals surface area contributed by atoms with Crippen molar-refractivity contribution in [2.45, 2.75) is 6.54 Å². The lowest BCUT2D eigenvalue weighted by Gasteiger charge is -2.04.